The summed E-state index contributed by atoms with van der Waals surface area (Å²) in [6, 6.07) is 15.4. The van der Waals surface area contributed by atoms with Crippen molar-refractivity contribution in [3.05, 3.63) is 71.9 Å². The summed E-state index contributed by atoms with van der Waals surface area (Å²) in [5.41, 5.74) is 1.68. The molecule has 0 saturated heterocycles. The summed E-state index contributed by atoms with van der Waals surface area (Å²) in [5, 5.41) is 10.1. The molecule has 0 saturated carbocycles. The van der Waals surface area contributed by atoms with E-state index in [1.807, 2.05) is 0 Å². The van der Waals surface area contributed by atoms with Crippen LogP contribution in [0.25, 0.3) is 10.9 Å². The fourth-order valence-corrected chi connectivity index (χ4v) is 3.87. The number of aliphatic carboxylic acids is 1. The predicted octanol–water partition coefficient (Wildman–Crippen LogP) is 3.70. The van der Waals surface area contributed by atoms with Gasteiger partial charge in [-0.05, 0) is 17.7 Å². The maximum atomic E-state index is 12.4. The normalized spacial score (nSPS) is 15.0. The Hall–Kier alpha value is -2.40. The molecule has 0 aliphatic carbocycles. The topological polar surface area (TPSA) is 99.6 Å². The number of benzene rings is 2. The zero-order valence-electron chi connectivity index (χ0n) is 12.6. The van der Waals surface area contributed by atoms with Gasteiger partial charge in [-0.25, -0.2) is 4.79 Å². The molecule has 2 aromatic carbocycles. The van der Waals surface area contributed by atoms with Crippen molar-refractivity contribution in [1.29, 1.82) is 0 Å². The number of fused-ring (bicyclic) bond motifs is 1. The minimum atomic E-state index is -4.14. The number of hydrogen-bond acceptors (Lipinski definition) is 3. The summed E-state index contributed by atoms with van der Waals surface area (Å²) in [6.45, 7) is 0. The molecule has 0 radical (unpaired) electrons. The molecule has 0 aliphatic rings. The Kier molecular flexibility index (Phi) is 4.53. The first-order valence-electron chi connectivity index (χ1n) is 7.29. The first kappa shape index (κ1) is 16.5. The van der Waals surface area contributed by atoms with Gasteiger partial charge in [0.1, 0.15) is 0 Å². The van der Waals surface area contributed by atoms with Gasteiger partial charge in [-0.1, -0.05) is 42.5 Å². The van der Waals surface area contributed by atoms with Crippen molar-refractivity contribution in [2.75, 3.05) is 0 Å². The molecule has 124 valence electrons. The van der Waals surface area contributed by atoms with Crippen LogP contribution in [0, 0.1) is 0 Å². The second-order valence-corrected chi connectivity index (χ2v) is 7.19. The molecule has 0 fully saturated rings. The SMILES string of the molecule is O=C(O)C(OP(=O)(O)Cc1ccccc1)c1cccc2[nH]ccc12. The van der Waals surface area contributed by atoms with E-state index in [-0.39, 0.29) is 6.16 Å². The Labute approximate surface area is 138 Å². The molecule has 0 aliphatic heterocycles. The first-order valence-corrected chi connectivity index (χ1v) is 9.05. The highest BCUT2D eigenvalue weighted by Crippen LogP contribution is 2.50. The number of aromatic nitrogens is 1. The summed E-state index contributed by atoms with van der Waals surface area (Å²) in [5.74, 6) is -1.31. The number of H-pyrrole nitrogens is 1. The van der Waals surface area contributed by atoms with E-state index in [0.717, 1.165) is 5.52 Å². The lowest BCUT2D eigenvalue weighted by Gasteiger charge is -2.19. The molecule has 1 heterocycles. The van der Waals surface area contributed by atoms with E-state index in [2.05, 4.69) is 4.98 Å². The molecule has 3 aromatic rings. The van der Waals surface area contributed by atoms with Crippen molar-refractivity contribution < 1.29 is 23.9 Å². The van der Waals surface area contributed by atoms with Gasteiger partial charge in [-0.2, -0.15) is 0 Å². The highest BCUT2D eigenvalue weighted by molar-refractivity contribution is 7.52. The van der Waals surface area contributed by atoms with Gasteiger partial charge in [0.2, 0.25) is 0 Å². The summed E-state index contributed by atoms with van der Waals surface area (Å²) in [4.78, 5) is 24.7. The molecule has 0 bridgehead atoms. The van der Waals surface area contributed by atoms with E-state index in [1.54, 1.807) is 60.8 Å². The third-order valence-corrected chi connectivity index (χ3v) is 4.94. The van der Waals surface area contributed by atoms with Gasteiger partial charge in [-0.15, -0.1) is 0 Å². The molecule has 0 amide bonds. The molecule has 3 N–H and O–H groups in total. The number of aromatic amines is 1. The Morgan fingerprint density at radius 2 is 1.88 bits per heavy atom. The molecule has 3 rings (SSSR count). The lowest BCUT2D eigenvalue weighted by molar-refractivity contribution is -0.145. The number of carboxylic acids is 1. The van der Waals surface area contributed by atoms with Crippen LogP contribution in [0.3, 0.4) is 0 Å². The van der Waals surface area contributed by atoms with Gasteiger partial charge in [0.05, 0.1) is 6.16 Å². The second-order valence-electron chi connectivity index (χ2n) is 5.39. The Bertz CT molecular complexity index is 905. The summed E-state index contributed by atoms with van der Waals surface area (Å²) >= 11 is 0. The third kappa shape index (κ3) is 3.57. The van der Waals surface area contributed by atoms with Crippen molar-refractivity contribution in [3.8, 4) is 0 Å². The van der Waals surface area contributed by atoms with E-state index in [0.29, 0.717) is 16.5 Å². The van der Waals surface area contributed by atoms with Gasteiger partial charge < -0.3 is 15.0 Å². The number of carboxylic acid groups (broad SMARTS) is 1. The average Bonchev–Trinajstić information content (AvgIpc) is 3.01. The molecular formula is C17H16NO5P. The number of hydrogen-bond donors (Lipinski definition) is 3. The lowest BCUT2D eigenvalue weighted by Crippen LogP contribution is -2.15. The Morgan fingerprint density at radius 3 is 2.58 bits per heavy atom. The van der Waals surface area contributed by atoms with E-state index >= 15 is 0 Å². The van der Waals surface area contributed by atoms with Crippen LogP contribution < -0.4 is 0 Å². The quantitative estimate of drug-likeness (QED) is 0.592. The van der Waals surface area contributed by atoms with E-state index in [4.69, 9.17) is 4.52 Å². The maximum Gasteiger partial charge on any atom is 0.338 e. The van der Waals surface area contributed by atoms with Crippen molar-refractivity contribution in [3.63, 3.8) is 0 Å². The average molecular weight is 345 g/mol. The van der Waals surface area contributed by atoms with Crippen LogP contribution in [0.4, 0.5) is 0 Å². The van der Waals surface area contributed by atoms with Crippen LogP contribution in [0.2, 0.25) is 0 Å². The van der Waals surface area contributed by atoms with Gasteiger partial charge in [-0.3, -0.25) is 9.09 Å². The highest BCUT2D eigenvalue weighted by Gasteiger charge is 2.32. The molecule has 6 nitrogen and oxygen atoms in total. The minimum absolute atomic E-state index is 0.249. The fourth-order valence-electron chi connectivity index (χ4n) is 2.59. The zero-order chi connectivity index (χ0) is 17.2. The van der Waals surface area contributed by atoms with Crippen LogP contribution in [-0.4, -0.2) is 21.0 Å². The second kappa shape index (κ2) is 6.61. The van der Waals surface area contributed by atoms with Crippen LogP contribution in [-0.2, 0) is 20.0 Å². The van der Waals surface area contributed by atoms with Crippen LogP contribution in [0.5, 0.6) is 0 Å². The van der Waals surface area contributed by atoms with Crippen molar-refractivity contribution in [2.45, 2.75) is 12.3 Å². The van der Waals surface area contributed by atoms with E-state index < -0.39 is 19.7 Å². The van der Waals surface area contributed by atoms with Gasteiger partial charge >= 0.3 is 13.6 Å². The number of carbonyl (C=O) groups is 1. The zero-order valence-corrected chi connectivity index (χ0v) is 13.5. The van der Waals surface area contributed by atoms with Crippen LogP contribution in [0.15, 0.2) is 60.8 Å². The van der Waals surface area contributed by atoms with Crippen molar-refractivity contribution in [1.82, 2.24) is 4.98 Å². The highest BCUT2D eigenvalue weighted by atomic mass is 31.2. The number of nitrogens with one attached hydrogen (secondary N) is 1. The van der Waals surface area contributed by atoms with E-state index in [9.17, 15) is 19.4 Å². The van der Waals surface area contributed by atoms with Crippen LogP contribution >= 0.6 is 7.60 Å². The molecule has 24 heavy (non-hydrogen) atoms. The summed E-state index contributed by atoms with van der Waals surface area (Å²) in [6.07, 6.45) is -0.0971. The number of rotatable bonds is 6. The van der Waals surface area contributed by atoms with Crippen molar-refractivity contribution in [2.24, 2.45) is 0 Å². The molecule has 7 heteroatoms. The lowest BCUT2D eigenvalue weighted by atomic mass is 10.1. The largest absolute Gasteiger partial charge is 0.479 e. The van der Waals surface area contributed by atoms with Gasteiger partial charge in [0, 0.05) is 22.7 Å². The standard InChI is InChI=1S/C17H16NO5P/c19-17(20)16(14-7-4-8-15-13(14)9-10-18-15)23-24(21,22)11-12-5-2-1-3-6-12/h1-10,16,18H,11H2,(H,19,20)(H,21,22). The molecule has 1 aromatic heterocycles. The van der Waals surface area contributed by atoms with Gasteiger partial charge in [0.25, 0.3) is 0 Å². The summed E-state index contributed by atoms with van der Waals surface area (Å²) < 4.78 is 17.6. The summed E-state index contributed by atoms with van der Waals surface area (Å²) in [7, 11) is -4.14. The molecular weight excluding hydrogens is 329 g/mol. The van der Waals surface area contributed by atoms with Gasteiger partial charge in [0.15, 0.2) is 6.10 Å². The monoisotopic (exact) mass is 345 g/mol. The fraction of sp³-hybridized carbons (Fsp3) is 0.118. The Balaban J connectivity index is 1.90. The first-order chi connectivity index (χ1) is 11.5. The molecule has 2 atom stereocenters. The smallest absolute Gasteiger partial charge is 0.338 e. The van der Waals surface area contributed by atoms with Crippen molar-refractivity contribution >= 4 is 24.5 Å². The van der Waals surface area contributed by atoms with Crippen LogP contribution in [0.1, 0.15) is 17.2 Å². The predicted molar refractivity (Wildman–Crippen MR) is 89.7 cm³/mol. The minimum Gasteiger partial charge on any atom is -0.479 e. The van der Waals surface area contributed by atoms with E-state index in [1.165, 1.54) is 0 Å². The third-order valence-electron chi connectivity index (χ3n) is 3.63. The Morgan fingerprint density at radius 1 is 1.12 bits per heavy atom. The molecule has 0 spiro atoms. The molecule has 2 unspecified atom stereocenters. The maximum absolute atomic E-state index is 12.4.